The van der Waals surface area contributed by atoms with Crippen molar-refractivity contribution in [2.24, 2.45) is 0 Å². The summed E-state index contributed by atoms with van der Waals surface area (Å²) >= 11 is 0. The molecule has 1 aromatic heterocycles. The van der Waals surface area contributed by atoms with Gasteiger partial charge in [0.25, 0.3) is 5.56 Å². The number of nitrogens with two attached hydrogens (primary N) is 1. The molecule has 6 nitrogen and oxygen atoms in total. The van der Waals surface area contributed by atoms with Crippen LogP contribution < -0.4 is 17.0 Å². The summed E-state index contributed by atoms with van der Waals surface area (Å²) in [5.41, 5.74) is 4.42. The van der Waals surface area contributed by atoms with E-state index < -0.39 is 11.2 Å². The van der Waals surface area contributed by atoms with Crippen molar-refractivity contribution in [3.63, 3.8) is 0 Å². The second kappa shape index (κ2) is 6.12. The van der Waals surface area contributed by atoms with Crippen LogP contribution >= 0.6 is 0 Å². The van der Waals surface area contributed by atoms with Crippen molar-refractivity contribution < 1.29 is 4.74 Å². The zero-order chi connectivity index (χ0) is 12.0. The summed E-state index contributed by atoms with van der Waals surface area (Å²) in [6, 6.07) is 0. The summed E-state index contributed by atoms with van der Waals surface area (Å²) in [5, 5.41) is 0. The van der Waals surface area contributed by atoms with Crippen molar-refractivity contribution in [3.8, 4) is 0 Å². The van der Waals surface area contributed by atoms with Gasteiger partial charge in [0.2, 0.25) is 0 Å². The first-order chi connectivity index (χ1) is 7.65. The molecule has 0 fully saturated rings. The van der Waals surface area contributed by atoms with Gasteiger partial charge in [0.15, 0.2) is 0 Å². The molecular formula is C10H17N3O3. The smallest absolute Gasteiger partial charge is 0.328 e. The predicted octanol–water partition coefficient (Wildman–Crippen LogP) is -0.0645. The van der Waals surface area contributed by atoms with Gasteiger partial charge in [-0.3, -0.25) is 14.3 Å². The number of aromatic amines is 1. The molecule has 0 radical (unpaired) electrons. The van der Waals surface area contributed by atoms with Gasteiger partial charge < -0.3 is 10.5 Å². The van der Waals surface area contributed by atoms with E-state index in [0.29, 0.717) is 19.8 Å². The van der Waals surface area contributed by atoms with Crippen LogP contribution in [0.3, 0.4) is 0 Å². The van der Waals surface area contributed by atoms with Crippen LogP contribution in [0.15, 0.2) is 15.8 Å². The second-order valence-electron chi connectivity index (χ2n) is 3.50. The molecule has 16 heavy (non-hydrogen) atoms. The van der Waals surface area contributed by atoms with Crippen molar-refractivity contribution >= 4 is 5.69 Å². The summed E-state index contributed by atoms with van der Waals surface area (Å²) in [4.78, 5) is 24.4. The van der Waals surface area contributed by atoms with E-state index >= 15 is 0 Å². The van der Waals surface area contributed by atoms with E-state index in [1.807, 2.05) is 0 Å². The minimum absolute atomic E-state index is 0.0353. The highest BCUT2D eigenvalue weighted by Crippen LogP contribution is 1.90. The zero-order valence-corrected chi connectivity index (χ0v) is 9.36. The lowest BCUT2D eigenvalue weighted by Crippen LogP contribution is -2.32. The van der Waals surface area contributed by atoms with Crippen LogP contribution in [0.1, 0.15) is 19.8 Å². The van der Waals surface area contributed by atoms with Gasteiger partial charge in [-0.1, -0.05) is 13.3 Å². The average molecular weight is 227 g/mol. The Bertz CT molecular complexity index is 436. The maximum Gasteiger partial charge on any atom is 0.328 e. The molecule has 0 aromatic carbocycles. The van der Waals surface area contributed by atoms with E-state index in [4.69, 9.17) is 10.5 Å². The van der Waals surface area contributed by atoms with E-state index in [1.165, 1.54) is 10.8 Å². The third-order valence-electron chi connectivity index (χ3n) is 2.16. The number of hydrogen-bond acceptors (Lipinski definition) is 4. The molecule has 0 unspecified atom stereocenters. The molecule has 90 valence electrons. The molecule has 3 N–H and O–H groups in total. The monoisotopic (exact) mass is 227 g/mol. The van der Waals surface area contributed by atoms with Crippen LogP contribution in [0.5, 0.6) is 0 Å². The molecule has 0 spiro atoms. The summed E-state index contributed by atoms with van der Waals surface area (Å²) in [6.45, 7) is 3.59. The Morgan fingerprint density at radius 1 is 1.44 bits per heavy atom. The fourth-order valence-corrected chi connectivity index (χ4v) is 1.20. The topological polar surface area (TPSA) is 90.1 Å². The second-order valence-corrected chi connectivity index (χ2v) is 3.50. The number of unbranched alkanes of at least 4 members (excludes halogenated alkanes) is 1. The molecule has 0 aliphatic carbocycles. The van der Waals surface area contributed by atoms with E-state index in [0.717, 1.165) is 12.8 Å². The Kier molecular flexibility index (Phi) is 4.78. The highest BCUT2D eigenvalue weighted by molar-refractivity contribution is 5.30. The number of aromatic nitrogens is 2. The number of anilines is 1. The van der Waals surface area contributed by atoms with Crippen LogP contribution in [0.4, 0.5) is 5.69 Å². The van der Waals surface area contributed by atoms with E-state index in [1.54, 1.807) is 0 Å². The Hall–Kier alpha value is -1.56. The Morgan fingerprint density at radius 2 is 2.19 bits per heavy atom. The minimum atomic E-state index is -0.548. The van der Waals surface area contributed by atoms with Crippen LogP contribution in [0, 0.1) is 0 Å². The number of H-pyrrole nitrogens is 1. The SMILES string of the molecule is CCCCOCCn1cc(N)c(=O)[nH]c1=O. The fraction of sp³-hybridized carbons (Fsp3) is 0.600. The van der Waals surface area contributed by atoms with Gasteiger partial charge in [-0.05, 0) is 6.42 Å². The molecule has 6 heteroatoms. The molecule has 1 heterocycles. The van der Waals surface area contributed by atoms with Crippen molar-refractivity contribution in [1.82, 2.24) is 9.55 Å². The number of nitrogen functional groups attached to an aromatic ring is 1. The van der Waals surface area contributed by atoms with Crippen molar-refractivity contribution in [1.29, 1.82) is 0 Å². The number of rotatable bonds is 6. The molecule has 1 aromatic rings. The van der Waals surface area contributed by atoms with E-state index in [-0.39, 0.29) is 5.69 Å². The third-order valence-corrected chi connectivity index (χ3v) is 2.16. The zero-order valence-electron chi connectivity index (χ0n) is 9.36. The van der Waals surface area contributed by atoms with Gasteiger partial charge in [0.05, 0.1) is 13.2 Å². The first kappa shape index (κ1) is 12.5. The van der Waals surface area contributed by atoms with Gasteiger partial charge in [-0.2, -0.15) is 0 Å². The Labute approximate surface area is 93.0 Å². The van der Waals surface area contributed by atoms with Gasteiger partial charge >= 0.3 is 5.69 Å². The summed E-state index contributed by atoms with van der Waals surface area (Å²) in [6.07, 6.45) is 3.42. The highest BCUT2D eigenvalue weighted by atomic mass is 16.5. The van der Waals surface area contributed by atoms with Crippen molar-refractivity contribution in [2.45, 2.75) is 26.3 Å². The van der Waals surface area contributed by atoms with Gasteiger partial charge in [-0.25, -0.2) is 4.79 Å². The van der Waals surface area contributed by atoms with Gasteiger partial charge in [-0.15, -0.1) is 0 Å². The van der Waals surface area contributed by atoms with Crippen LogP contribution in [0.25, 0.3) is 0 Å². The largest absolute Gasteiger partial charge is 0.393 e. The predicted molar refractivity (Wildman–Crippen MR) is 61.5 cm³/mol. The minimum Gasteiger partial charge on any atom is -0.393 e. The number of nitrogens with zero attached hydrogens (tertiary/aromatic N) is 1. The molecule has 0 atom stereocenters. The number of nitrogens with one attached hydrogen (secondary N) is 1. The summed E-state index contributed by atoms with van der Waals surface area (Å²) in [7, 11) is 0. The maximum atomic E-state index is 11.3. The fourth-order valence-electron chi connectivity index (χ4n) is 1.20. The van der Waals surface area contributed by atoms with Gasteiger partial charge in [0.1, 0.15) is 5.69 Å². The number of ether oxygens (including phenoxy) is 1. The van der Waals surface area contributed by atoms with E-state index in [9.17, 15) is 9.59 Å². The van der Waals surface area contributed by atoms with Crippen LogP contribution in [-0.4, -0.2) is 22.8 Å². The quantitative estimate of drug-likeness (QED) is 0.666. The lowest BCUT2D eigenvalue weighted by molar-refractivity contribution is 0.122. The van der Waals surface area contributed by atoms with Crippen LogP contribution in [0.2, 0.25) is 0 Å². The molecule has 0 saturated carbocycles. The van der Waals surface area contributed by atoms with Crippen molar-refractivity contribution in [2.75, 3.05) is 18.9 Å². The highest BCUT2D eigenvalue weighted by Gasteiger charge is 2.00. The summed E-state index contributed by atoms with van der Waals surface area (Å²) < 4.78 is 6.65. The molecule has 0 aliphatic rings. The summed E-state index contributed by atoms with van der Waals surface area (Å²) in [5.74, 6) is 0. The Morgan fingerprint density at radius 3 is 2.88 bits per heavy atom. The van der Waals surface area contributed by atoms with Gasteiger partial charge in [0, 0.05) is 12.8 Å². The third kappa shape index (κ3) is 3.54. The Balaban J connectivity index is 2.51. The maximum absolute atomic E-state index is 11.3. The molecule has 0 saturated heterocycles. The standard InChI is InChI=1S/C10H17N3O3/c1-2-3-5-16-6-4-13-7-8(11)9(14)12-10(13)15/h7H,2-6,11H2,1H3,(H,12,14,15). The molecule has 0 amide bonds. The lowest BCUT2D eigenvalue weighted by Gasteiger charge is -2.06. The molecular weight excluding hydrogens is 210 g/mol. The number of hydrogen-bond donors (Lipinski definition) is 2. The lowest BCUT2D eigenvalue weighted by atomic mass is 10.4. The first-order valence-corrected chi connectivity index (χ1v) is 5.32. The molecule has 0 bridgehead atoms. The molecule has 1 rings (SSSR count). The molecule has 0 aliphatic heterocycles. The van der Waals surface area contributed by atoms with E-state index in [2.05, 4.69) is 11.9 Å². The first-order valence-electron chi connectivity index (χ1n) is 5.32. The average Bonchev–Trinajstić information content (AvgIpc) is 2.25. The normalized spacial score (nSPS) is 10.6. The van der Waals surface area contributed by atoms with Crippen molar-refractivity contribution in [3.05, 3.63) is 27.0 Å². The van der Waals surface area contributed by atoms with Crippen LogP contribution in [-0.2, 0) is 11.3 Å².